The van der Waals surface area contributed by atoms with Crippen LogP contribution in [0.3, 0.4) is 0 Å². The molecule has 3 unspecified atom stereocenters. The summed E-state index contributed by atoms with van der Waals surface area (Å²) in [4.78, 5) is 0. The third kappa shape index (κ3) is 3.16. The summed E-state index contributed by atoms with van der Waals surface area (Å²) in [6.45, 7) is 7.96. The lowest BCUT2D eigenvalue weighted by Crippen LogP contribution is -2.33. The summed E-state index contributed by atoms with van der Waals surface area (Å²) in [5.41, 5.74) is 1.01. The van der Waals surface area contributed by atoms with Crippen molar-refractivity contribution in [2.75, 3.05) is 6.54 Å². The van der Waals surface area contributed by atoms with Crippen LogP contribution in [0.5, 0.6) is 0 Å². The predicted molar refractivity (Wildman–Crippen MR) is 88.3 cm³/mol. The van der Waals surface area contributed by atoms with Crippen LogP contribution in [-0.2, 0) is 0 Å². The molecule has 114 valence electrons. The first kappa shape index (κ1) is 14.6. The molecule has 1 aliphatic carbocycles. The number of benzene rings is 1. The lowest BCUT2D eigenvalue weighted by molar-refractivity contribution is 0.166. The van der Waals surface area contributed by atoms with Gasteiger partial charge < -0.3 is 9.73 Å². The minimum Gasteiger partial charge on any atom is -0.459 e. The fourth-order valence-corrected chi connectivity index (χ4v) is 4.16. The van der Waals surface area contributed by atoms with E-state index in [-0.39, 0.29) is 0 Å². The van der Waals surface area contributed by atoms with E-state index in [4.69, 9.17) is 4.42 Å². The molecule has 1 saturated carbocycles. The van der Waals surface area contributed by atoms with Gasteiger partial charge in [0.1, 0.15) is 11.3 Å². The van der Waals surface area contributed by atoms with Crippen LogP contribution in [0.15, 0.2) is 34.7 Å². The summed E-state index contributed by atoms with van der Waals surface area (Å²) in [7, 11) is 0. The van der Waals surface area contributed by atoms with Crippen molar-refractivity contribution in [3.8, 4) is 0 Å². The molecule has 0 amide bonds. The molecule has 1 aromatic carbocycles. The van der Waals surface area contributed by atoms with Crippen molar-refractivity contribution in [3.05, 3.63) is 36.1 Å². The van der Waals surface area contributed by atoms with Crippen molar-refractivity contribution in [2.45, 2.75) is 46.1 Å². The average Bonchev–Trinajstić information content (AvgIpc) is 2.87. The lowest BCUT2D eigenvalue weighted by atomic mass is 9.73. The topological polar surface area (TPSA) is 25.2 Å². The molecule has 0 bridgehead atoms. The van der Waals surface area contributed by atoms with E-state index in [1.54, 1.807) is 0 Å². The van der Waals surface area contributed by atoms with Gasteiger partial charge in [0, 0.05) is 5.39 Å². The number of hydrogen-bond donors (Lipinski definition) is 1. The Bertz CT molecular complexity index is 545. The Balaban J connectivity index is 1.89. The van der Waals surface area contributed by atoms with E-state index in [0.29, 0.717) is 12.0 Å². The third-order valence-electron chi connectivity index (χ3n) is 4.86. The second kappa shape index (κ2) is 6.23. The van der Waals surface area contributed by atoms with Crippen molar-refractivity contribution in [2.24, 2.45) is 17.8 Å². The van der Waals surface area contributed by atoms with Crippen LogP contribution in [0.1, 0.15) is 51.8 Å². The van der Waals surface area contributed by atoms with Gasteiger partial charge in [-0.2, -0.15) is 0 Å². The van der Waals surface area contributed by atoms with Crippen molar-refractivity contribution >= 4 is 11.0 Å². The highest BCUT2D eigenvalue weighted by molar-refractivity contribution is 5.77. The number of hydrogen-bond acceptors (Lipinski definition) is 2. The zero-order valence-electron chi connectivity index (χ0n) is 13.4. The van der Waals surface area contributed by atoms with Crippen molar-refractivity contribution in [3.63, 3.8) is 0 Å². The lowest BCUT2D eigenvalue weighted by Gasteiger charge is -2.36. The highest BCUT2D eigenvalue weighted by Crippen LogP contribution is 2.40. The number of para-hydroxylation sites is 1. The summed E-state index contributed by atoms with van der Waals surface area (Å²) in [6.07, 6.45) is 3.98. The Morgan fingerprint density at radius 2 is 1.86 bits per heavy atom. The average molecular weight is 285 g/mol. The standard InChI is InChI=1S/C19H27NO/c1-4-20-19(16-10-13(2)9-14(3)11-16)18-12-15-7-5-6-8-17(15)21-18/h5-8,12-14,16,19-20H,4,9-11H2,1-3H3. The molecule has 1 aromatic heterocycles. The Hall–Kier alpha value is -1.28. The van der Waals surface area contributed by atoms with E-state index in [0.717, 1.165) is 29.7 Å². The molecular formula is C19H27NO. The van der Waals surface area contributed by atoms with Gasteiger partial charge in [0.15, 0.2) is 0 Å². The Morgan fingerprint density at radius 3 is 2.52 bits per heavy atom. The van der Waals surface area contributed by atoms with E-state index < -0.39 is 0 Å². The van der Waals surface area contributed by atoms with Gasteiger partial charge in [0.2, 0.25) is 0 Å². The maximum Gasteiger partial charge on any atom is 0.134 e. The van der Waals surface area contributed by atoms with E-state index >= 15 is 0 Å². The van der Waals surface area contributed by atoms with Gasteiger partial charge >= 0.3 is 0 Å². The molecule has 0 saturated heterocycles. The van der Waals surface area contributed by atoms with Gasteiger partial charge in [-0.1, -0.05) is 39.0 Å². The van der Waals surface area contributed by atoms with Crippen molar-refractivity contribution in [1.82, 2.24) is 5.32 Å². The highest BCUT2D eigenvalue weighted by atomic mass is 16.3. The van der Waals surface area contributed by atoms with E-state index in [1.165, 1.54) is 24.6 Å². The van der Waals surface area contributed by atoms with Gasteiger partial charge in [0.25, 0.3) is 0 Å². The molecular weight excluding hydrogens is 258 g/mol. The number of nitrogens with one attached hydrogen (secondary N) is 1. The summed E-state index contributed by atoms with van der Waals surface area (Å²) in [5, 5.41) is 4.89. The van der Waals surface area contributed by atoms with Crippen LogP contribution in [0, 0.1) is 17.8 Å². The fraction of sp³-hybridized carbons (Fsp3) is 0.579. The Morgan fingerprint density at radius 1 is 1.14 bits per heavy atom. The minimum absolute atomic E-state index is 0.354. The second-order valence-corrected chi connectivity index (χ2v) is 6.90. The largest absolute Gasteiger partial charge is 0.459 e. The molecule has 2 nitrogen and oxygen atoms in total. The number of furan rings is 1. The van der Waals surface area contributed by atoms with Crippen LogP contribution < -0.4 is 5.32 Å². The maximum atomic E-state index is 6.14. The van der Waals surface area contributed by atoms with Gasteiger partial charge in [-0.25, -0.2) is 0 Å². The summed E-state index contributed by atoms with van der Waals surface area (Å²) in [6, 6.07) is 10.9. The fourth-order valence-electron chi connectivity index (χ4n) is 4.16. The molecule has 21 heavy (non-hydrogen) atoms. The monoisotopic (exact) mass is 285 g/mol. The first-order valence-corrected chi connectivity index (χ1v) is 8.39. The molecule has 1 aliphatic rings. The Labute approximate surface area is 127 Å². The van der Waals surface area contributed by atoms with Crippen LogP contribution in [0.25, 0.3) is 11.0 Å². The molecule has 1 fully saturated rings. The Kier molecular flexibility index (Phi) is 4.34. The van der Waals surface area contributed by atoms with Crippen LogP contribution in [0.4, 0.5) is 0 Å². The quantitative estimate of drug-likeness (QED) is 0.839. The summed E-state index contributed by atoms with van der Waals surface area (Å²) in [5.74, 6) is 3.45. The molecule has 3 atom stereocenters. The second-order valence-electron chi connectivity index (χ2n) is 6.90. The molecule has 0 spiro atoms. The SMILES string of the molecule is CCNC(c1cc2ccccc2o1)C1CC(C)CC(C)C1. The van der Waals surface area contributed by atoms with Gasteiger partial charge in [-0.3, -0.25) is 0 Å². The first-order valence-electron chi connectivity index (χ1n) is 8.39. The summed E-state index contributed by atoms with van der Waals surface area (Å²) < 4.78 is 6.14. The van der Waals surface area contributed by atoms with Gasteiger partial charge in [-0.15, -0.1) is 0 Å². The zero-order valence-corrected chi connectivity index (χ0v) is 13.4. The van der Waals surface area contributed by atoms with E-state index in [1.807, 2.05) is 6.07 Å². The number of rotatable bonds is 4. The molecule has 1 heterocycles. The minimum atomic E-state index is 0.354. The van der Waals surface area contributed by atoms with E-state index in [9.17, 15) is 0 Å². The maximum absolute atomic E-state index is 6.14. The molecule has 2 heteroatoms. The van der Waals surface area contributed by atoms with Gasteiger partial charge in [-0.05, 0) is 55.7 Å². The number of fused-ring (bicyclic) bond motifs is 1. The van der Waals surface area contributed by atoms with Crippen LogP contribution in [-0.4, -0.2) is 6.54 Å². The molecule has 3 rings (SSSR count). The zero-order chi connectivity index (χ0) is 14.8. The van der Waals surface area contributed by atoms with Gasteiger partial charge in [0.05, 0.1) is 6.04 Å². The van der Waals surface area contributed by atoms with Crippen LogP contribution in [0.2, 0.25) is 0 Å². The van der Waals surface area contributed by atoms with Crippen molar-refractivity contribution < 1.29 is 4.42 Å². The third-order valence-corrected chi connectivity index (χ3v) is 4.86. The normalized spacial score (nSPS) is 27.9. The van der Waals surface area contributed by atoms with Crippen LogP contribution >= 0.6 is 0 Å². The smallest absolute Gasteiger partial charge is 0.134 e. The first-order chi connectivity index (χ1) is 10.2. The van der Waals surface area contributed by atoms with Crippen molar-refractivity contribution in [1.29, 1.82) is 0 Å². The molecule has 2 aromatic rings. The molecule has 1 N–H and O–H groups in total. The van der Waals surface area contributed by atoms with E-state index in [2.05, 4.69) is 50.4 Å². The molecule has 0 radical (unpaired) electrons. The predicted octanol–water partition coefficient (Wildman–Crippen LogP) is 5.16. The highest BCUT2D eigenvalue weighted by Gasteiger charge is 2.32. The molecule has 0 aliphatic heterocycles. The summed E-state index contributed by atoms with van der Waals surface area (Å²) >= 11 is 0.